The van der Waals surface area contributed by atoms with E-state index in [1.54, 1.807) is 45.9 Å². The Labute approximate surface area is 226 Å². The molecule has 1 fully saturated rings. The Bertz CT molecular complexity index is 1610. The second-order valence-electron chi connectivity index (χ2n) is 9.18. The molecule has 0 atom stereocenters. The Morgan fingerprint density at radius 1 is 0.895 bits per heavy atom. The van der Waals surface area contributed by atoms with Crippen molar-refractivity contribution < 1.29 is 13.2 Å². The number of aryl methyl sites for hydroxylation is 1. The lowest BCUT2D eigenvalue weighted by Gasteiger charge is -2.34. The molecule has 0 N–H and O–H groups in total. The van der Waals surface area contributed by atoms with E-state index < -0.39 is 10.0 Å². The molecule has 0 radical (unpaired) electrons. The Hall–Kier alpha value is -3.47. The third-order valence-electron chi connectivity index (χ3n) is 6.58. The maximum absolute atomic E-state index is 13.3. The highest BCUT2D eigenvalue weighted by Gasteiger charge is 2.30. The highest BCUT2D eigenvalue weighted by molar-refractivity contribution is 7.99. The summed E-state index contributed by atoms with van der Waals surface area (Å²) in [5.74, 6) is -0.0133. The number of hydrogen-bond donors (Lipinski definition) is 0. The van der Waals surface area contributed by atoms with Crippen LogP contribution in [0.3, 0.4) is 0 Å². The predicted octanol–water partition coefficient (Wildman–Crippen LogP) is 3.38. The zero-order chi connectivity index (χ0) is 26.7. The summed E-state index contributed by atoms with van der Waals surface area (Å²) in [5, 5.41) is 1.01. The van der Waals surface area contributed by atoms with Gasteiger partial charge in [-0.05, 0) is 36.8 Å². The second kappa shape index (κ2) is 11.1. The summed E-state index contributed by atoms with van der Waals surface area (Å²) < 4.78 is 29.0. The number of piperazine rings is 1. The van der Waals surface area contributed by atoms with Crippen LogP contribution in [0, 0.1) is 6.92 Å². The lowest BCUT2D eigenvalue weighted by molar-refractivity contribution is -0.129. The first-order valence-corrected chi connectivity index (χ1v) is 14.8. The van der Waals surface area contributed by atoms with Gasteiger partial charge in [0.2, 0.25) is 15.9 Å². The molecule has 1 amide bonds. The molecule has 1 saturated heterocycles. The molecule has 38 heavy (non-hydrogen) atoms. The number of para-hydroxylation sites is 1. The molecule has 196 valence electrons. The molecule has 0 saturated carbocycles. The predicted molar refractivity (Wildman–Crippen MR) is 149 cm³/mol. The van der Waals surface area contributed by atoms with Crippen LogP contribution in [-0.2, 0) is 21.4 Å². The van der Waals surface area contributed by atoms with E-state index in [1.165, 1.54) is 16.1 Å². The summed E-state index contributed by atoms with van der Waals surface area (Å²) in [6.45, 7) is 3.36. The van der Waals surface area contributed by atoms with Gasteiger partial charge >= 0.3 is 0 Å². The fourth-order valence-electron chi connectivity index (χ4n) is 4.42. The van der Waals surface area contributed by atoms with Gasteiger partial charge in [-0.2, -0.15) is 4.31 Å². The van der Waals surface area contributed by atoms with Crippen LogP contribution in [0.15, 0.2) is 93.7 Å². The van der Waals surface area contributed by atoms with Crippen LogP contribution in [0.5, 0.6) is 0 Å². The first-order valence-electron chi connectivity index (χ1n) is 12.3. The lowest BCUT2D eigenvalue weighted by Crippen LogP contribution is -2.51. The molecule has 4 aromatic rings. The Kier molecular flexibility index (Phi) is 7.64. The number of fused-ring (bicyclic) bond motifs is 1. The summed E-state index contributed by atoms with van der Waals surface area (Å²) in [6.07, 6.45) is 0. The van der Waals surface area contributed by atoms with Gasteiger partial charge in [0.15, 0.2) is 5.16 Å². The van der Waals surface area contributed by atoms with E-state index in [2.05, 4.69) is 0 Å². The summed E-state index contributed by atoms with van der Waals surface area (Å²) >= 11 is 1.23. The lowest BCUT2D eigenvalue weighted by atomic mass is 10.2. The maximum Gasteiger partial charge on any atom is 0.262 e. The van der Waals surface area contributed by atoms with E-state index in [1.807, 2.05) is 49.4 Å². The number of aromatic nitrogens is 2. The van der Waals surface area contributed by atoms with Gasteiger partial charge in [0, 0.05) is 26.2 Å². The number of sulfonamides is 1. The number of benzene rings is 3. The van der Waals surface area contributed by atoms with Crippen molar-refractivity contribution in [1.29, 1.82) is 0 Å². The summed E-state index contributed by atoms with van der Waals surface area (Å²) in [6, 6.07) is 23.7. The van der Waals surface area contributed by atoms with Crippen LogP contribution in [0.2, 0.25) is 0 Å². The Morgan fingerprint density at radius 2 is 1.55 bits per heavy atom. The summed E-state index contributed by atoms with van der Waals surface area (Å²) in [7, 11) is -3.60. The van der Waals surface area contributed by atoms with Gasteiger partial charge in [0.1, 0.15) is 0 Å². The van der Waals surface area contributed by atoms with Gasteiger partial charge in [-0.25, -0.2) is 13.4 Å². The fourth-order valence-corrected chi connectivity index (χ4v) is 6.74. The van der Waals surface area contributed by atoms with Crippen molar-refractivity contribution in [1.82, 2.24) is 18.8 Å². The van der Waals surface area contributed by atoms with E-state index >= 15 is 0 Å². The first kappa shape index (κ1) is 26.1. The third kappa shape index (κ3) is 5.52. The molecule has 0 aliphatic carbocycles. The van der Waals surface area contributed by atoms with Crippen LogP contribution in [0.25, 0.3) is 10.9 Å². The van der Waals surface area contributed by atoms with Crippen molar-refractivity contribution in [3.05, 3.63) is 100 Å². The van der Waals surface area contributed by atoms with Crippen LogP contribution < -0.4 is 5.56 Å². The standard InChI is InChI=1S/C28H28N4O4S2/c1-21-11-13-23(14-12-21)38(35,36)31-17-15-30(16-18-31)26(33)20-37-28-29-25-10-6-5-9-24(25)27(34)32(28)19-22-7-3-2-4-8-22/h2-14H,15-20H2,1H3. The van der Waals surface area contributed by atoms with Crippen molar-refractivity contribution in [3.63, 3.8) is 0 Å². The van der Waals surface area contributed by atoms with Crippen molar-refractivity contribution in [3.8, 4) is 0 Å². The van der Waals surface area contributed by atoms with Gasteiger partial charge in [0.25, 0.3) is 5.56 Å². The smallest absolute Gasteiger partial charge is 0.262 e. The number of rotatable bonds is 7. The van der Waals surface area contributed by atoms with Crippen molar-refractivity contribution in [2.45, 2.75) is 23.5 Å². The summed E-state index contributed by atoms with van der Waals surface area (Å²) in [4.78, 5) is 33.0. The topological polar surface area (TPSA) is 92.6 Å². The average Bonchev–Trinajstić information content (AvgIpc) is 2.94. The molecular formula is C28H28N4O4S2. The normalized spacial score (nSPS) is 14.6. The van der Waals surface area contributed by atoms with Gasteiger partial charge in [0.05, 0.1) is 28.1 Å². The molecule has 0 bridgehead atoms. The average molecular weight is 549 g/mol. The van der Waals surface area contributed by atoms with E-state index in [0.717, 1.165) is 11.1 Å². The molecule has 0 unspecified atom stereocenters. The zero-order valence-electron chi connectivity index (χ0n) is 21.0. The van der Waals surface area contributed by atoms with E-state index in [-0.39, 0.29) is 35.2 Å². The monoisotopic (exact) mass is 548 g/mol. The van der Waals surface area contributed by atoms with Gasteiger partial charge in [-0.15, -0.1) is 0 Å². The molecule has 10 heteroatoms. The SMILES string of the molecule is Cc1ccc(S(=O)(=O)N2CCN(C(=O)CSc3nc4ccccc4c(=O)n3Cc3ccccc3)CC2)cc1. The Balaban J connectivity index is 1.28. The van der Waals surface area contributed by atoms with Crippen molar-refractivity contribution in [2.75, 3.05) is 31.9 Å². The molecule has 2 heterocycles. The number of nitrogens with zero attached hydrogens (tertiary/aromatic N) is 4. The van der Waals surface area contributed by atoms with Crippen LogP contribution in [-0.4, -0.2) is 65.0 Å². The van der Waals surface area contributed by atoms with Crippen molar-refractivity contribution >= 4 is 38.6 Å². The van der Waals surface area contributed by atoms with E-state index in [0.29, 0.717) is 35.7 Å². The van der Waals surface area contributed by atoms with Gasteiger partial charge in [-0.1, -0.05) is 71.9 Å². The fraction of sp³-hybridized carbons (Fsp3) is 0.250. The molecular weight excluding hydrogens is 520 g/mol. The number of hydrogen-bond acceptors (Lipinski definition) is 6. The molecule has 1 aliphatic heterocycles. The molecule has 5 rings (SSSR count). The molecule has 8 nitrogen and oxygen atoms in total. The minimum Gasteiger partial charge on any atom is -0.339 e. The molecule has 3 aromatic carbocycles. The number of thioether (sulfide) groups is 1. The maximum atomic E-state index is 13.3. The van der Waals surface area contributed by atoms with Crippen LogP contribution >= 0.6 is 11.8 Å². The largest absolute Gasteiger partial charge is 0.339 e. The van der Waals surface area contributed by atoms with Crippen molar-refractivity contribution in [2.24, 2.45) is 0 Å². The van der Waals surface area contributed by atoms with E-state index in [9.17, 15) is 18.0 Å². The Morgan fingerprint density at radius 3 is 2.26 bits per heavy atom. The summed E-state index contributed by atoms with van der Waals surface area (Å²) in [5.41, 5.74) is 2.40. The zero-order valence-corrected chi connectivity index (χ0v) is 22.6. The quantitative estimate of drug-likeness (QED) is 0.260. The highest BCUT2D eigenvalue weighted by Crippen LogP contribution is 2.22. The minimum absolute atomic E-state index is 0.101. The minimum atomic E-state index is -3.60. The first-order chi connectivity index (χ1) is 18.3. The van der Waals surface area contributed by atoms with Crippen LogP contribution in [0.1, 0.15) is 11.1 Å². The van der Waals surface area contributed by atoms with E-state index in [4.69, 9.17) is 4.98 Å². The molecule has 1 aromatic heterocycles. The van der Waals surface area contributed by atoms with Crippen LogP contribution in [0.4, 0.5) is 0 Å². The van der Waals surface area contributed by atoms with Gasteiger partial charge < -0.3 is 4.90 Å². The number of carbonyl (C=O) groups is 1. The number of carbonyl (C=O) groups excluding carboxylic acids is 1. The molecule has 0 spiro atoms. The molecule has 1 aliphatic rings. The van der Waals surface area contributed by atoms with Gasteiger partial charge in [-0.3, -0.25) is 14.2 Å². The highest BCUT2D eigenvalue weighted by atomic mass is 32.2. The third-order valence-corrected chi connectivity index (χ3v) is 9.46. The second-order valence-corrected chi connectivity index (χ2v) is 12.1. The number of amides is 1.